The van der Waals surface area contributed by atoms with E-state index in [1.165, 1.54) is 18.2 Å². The highest BCUT2D eigenvalue weighted by atomic mass is 32.2. The van der Waals surface area contributed by atoms with E-state index >= 15 is 0 Å². The van der Waals surface area contributed by atoms with Gasteiger partial charge in [-0.05, 0) is 12.1 Å². The largest absolute Gasteiger partial charge is 0.507 e. The number of phenolic OH excluding ortho intramolecular Hbond substituents is 1. The van der Waals surface area contributed by atoms with Gasteiger partial charge >= 0.3 is 0 Å². The van der Waals surface area contributed by atoms with Gasteiger partial charge in [0.1, 0.15) is 5.75 Å². The van der Waals surface area contributed by atoms with Crippen LogP contribution in [0.1, 0.15) is 0 Å². The number of aromatic hydroxyl groups is 1. The lowest BCUT2D eigenvalue weighted by molar-refractivity contribution is 0.477. The zero-order valence-corrected chi connectivity index (χ0v) is 11.6. The second-order valence-corrected chi connectivity index (χ2v) is 5.89. The molecule has 0 bridgehead atoms. The second kappa shape index (κ2) is 5.90. The van der Waals surface area contributed by atoms with Crippen molar-refractivity contribution in [1.82, 2.24) is 4.72 Å². The summed E-state index contributed by atoms with van der Waals surface area (Å²) in [5.74, 6) is 0.0406. The number of benzene rings is 2. The Labute approximate surface area is 118 Å². The topological polar surface area (TPSA) is 66.4 Å². The third-order valence-electron chi connectivity index (χ3n) is 2.79. The van der Waals surface area contributed by atoms with Crippen LogP contribution in [0, 0.1) is 0 Å². The third kappa shape index (κ3) is 2.89. The molecule has 2 N–H and O–H groups in total. The minimum atomic E-state index is -3.65. The van der Waals surface area contributed by atoms with Gasteiger partial charge in [0, 0.05) is 17.7 Å². The molecule has 2 aromatic carbocycles. The van der Waals surface area contributed by atoms with Crippen molar-refractivity contribution in [1.29, 1.82) is 0 Å². The Bertz CT molecular complexity index is 723. The van der Waals surface area contributed by atoms with Gasteiger partial charge in [0.05, 0.1) is 4.90 Å². The molecule has 0 saturated carbocycles. The van der Waals surface area contributed by atoms with Crippen LogP contribution >= 0.6 is 0 Å². The number of sulfonamides is 1. The summed E-state index contributed by atoms with van der Waals surface area (Å²) < 4.78 is 26.9. The molecule has 4 nitrogen and oxygen atoms in total. The molecule has 0 saturated heterocycles. The summed E-state index contributed by atoms with van der Waals surface area (Å²) in [6.45, 7) is 3.64. The maximum atomic E-state index is 12.3. The summed E-state index contributed by atoms with van der Waals surface area (Å²) in [6.07, 6.45) is 1.47. The van der Waals surface area contributed by atoms with Crippen molar-refractivity contribution in [2.45, 2.75) is 4.90 Å². The predicted octanol–water partition coefficient (Wildman–Crippen LogP) is 2.52. The summed E-state index contributed by atoms with van der Waals surface area (Å²) in [4.78, 5) is 0.128. The molecule has 20 heavy (non-hydrogen) atoms. The Kier molecular flexibility index (Phi) is 4.22. The molecular weight excluding hydrogens is 274 g/mol. The molecule has 104 valence electrons. The van der Waals surface area contributed by atoms with E-state index in [9.17, 15) is 13.5 Å². The first-order chi connectivity index (χ1) is 9.56. The summed E-state index contributed by atoms with van der Waals surface area (Å²) >= 11 is 0. The average Bonchev–Trinajstić information content (AvgIpc) is 2.46. The van der Waals surface area contributed by atoms with E-state index in [0.29, 0.717) is 11.1 Å². The fourth-order valence-corrected chi connectivity index (χ4v) is 3.09. The van der Waals surface area contributed by atoms with E-state index in [4.69, 9.17) is 0 Å². The van der Waals surface area contributed by atoms with Gasteiger partial charge in [-0.1, -0.05) is 42.5 Å². The van der Waals surface area contributed by atoms with Gasteiger partial charge in [0.25, 0.3) is 0 Å². The van der Waals surface area contributed by atoms with Gasteiger partial charge in [-0.2, -0.15) is 0 Å². The minimum Gasteiger partial charge on any atom is -0.507 e. The number of hydrogen-bond donors (Lipinski definition) is 2. The number of rotatable bonds is 5. The van der Waals surface area contributed by atoms with Gasteiger partial charge in [0.15, 0.2) is 0 Å². The van der Waals surface area contributed by atoms with E-state index < -0.39 is 10.0 Å². The van der Waals surface area contributed by atoms with Crippen LogP contribution in [0.2, 0.25) is 0 Å². The first-order valence-electron chi connectivity index (χ1n) is 6.04. The maximum Gasteiger partial charge on any atom is 0.241 e. The van der Waals surface area contributed by atoms with Gasteiger partial charge < -0.3 is 5.11 Å². The Balaban J connectivity index is 2.58. The zero-order valence-electron chi connectivity index (χ0n) is 10.8. The van der Waals surface area contributed by atoms with Crippen LogP contribution in [0.15, 0.2) is 66.1 Å². The fourth-order valence-electron chi connectivity index (χ4n) is 1.87. The Hall–Kier alpha value is -2.11. The zero-order chi connectivity index (χ0) is 14.6. The number of para-hydroxylation sites is 1. The number of phenols is 1. The summed E-state index contributed by atoms with van der Waals surface area (Å²) in [7, 11) is -3.65. The summed E-state index contributed by atoms with van der Waals surface area (Å²) in [5, 5.41) is 9.90. The summed E-state index contributed by atoms with van der Waals surface area (Å²) in [5.41, 5.74) is 0.939. The molecule has 0 amide bonds. The van der Waals surface area contributed by atoms with Crippen molar-refractivity contribution in [3.63, 3.8) is 0 Å². The van der Waals surface area contributed by atoms with Crippen LogP contribution in [0.4, 0.5) is 0 Å². The minimum absolute atomic E-state index is 0.0406. The van der Waals surface area contributed by atoms with E-state index in [0.717, 1.165) is 0 Å². The molecule has 0 aromatic heterocycles. The van der Waals surface area contributed by atoms with Crippen LogP contribution in [-0.2, 0) is 10.0 Å². The van der Waals surface area contributed by atoms with Gasteiger partial charge in [0.2, 0.25) is 10.0 Å². The van der Waals surface area contributed by atoms with E-state index in [2.05, 4.69) is 11.3 Å². The van der Waals surface area contributed by atoms with Crippen molar-refractivity contribution < 1.29 is 13.5 Å². The Morgan fingerprint density at radius 1 is 1.05 bits per heavy atom. The Morgan fingerprint density at radius 2 is 1.65 bits per heavy atom. The molecule has 2 rings (SSSR count). The molecule has 0 fully saturated rings. The van der Waals surface area contributed by atoms with Crippen LogP contribution in [0.25, 0.3) is 11.1 Å². The van der Waals surface area contributed by atoms with Gasteiger partial charge in [-0.3, -0.25) is 0 Å². The SMILES string of the molecule is C=CCNS(=O)(=O)c1ccccc1-c1ccccc1O. The lowest BCUT2D eigenvalue weighted by Gasteiger charge is -2.11. The van der Waals surface area contributed by atoms with Crippen molar-refractivity contribution in [2.24, 2.45) is 0 Å². The highest BCUT2D eigenvalue weighted by Gasteiger charge is 2.19. The molecule has 0 aliphatic rings. The van der Waals surface area contributed by atoms with Gasteiger partial charge in [-0.25, -0.2) is 13.1 Å². The van der Waals surface area contributed by atoms with Crippen LogP contribution in [0.5, 0.6) is 5.75 Å². The van der Waals surface area contributed by atoms with E-state index in [1.54, 1.807) is 36.4 Å². The van der Waals surface area contributed by atoms with Crippen LogP contribution in [0.3, 0.4) is 0 Å². The van der Waals surface area contributed by atoms with Crippen molar-refractivity contribution >= 4 is 10.0 Å². The van der Waals surface area contributed by atoms with Crippen LogP contribution in [-0.4, -0.2) is 20.1 Å². The molecule has 0 unspecified atom stereocenters. The molecule has 0 spiro atoms. The Morgan fingerprint density at radius 3 is 2.30 bits per heavy atom. The van der Waals surface area contributed by atoms with Crippen molar-refractivity contribution in [3.05, 3.63) is 61.2 Å². The van der Waals surface area contributed by atoms with E-state index in [1.807, 2.05) is 0 Å². The highest BCUT2D eigenvalue weighted by molar-refractivity contribution is 7.89. The van der Waals surface area contributed by atoms with Crippen LogP contribution < -0.4 is 4.72 Å². The quantitative estimate of drug-likeness (QED) is 0.831. The molecule has 0 aliphatic carbocycles. The monoisotopic (exact) mass is 289 g/mol. The first kappa shape index (κ1) is 14.3. The molecule has 2 aromatic rings. The molecular formula is C15H15NO3S. The standard InChI is InChI=1S/C15H15NO3S/c1-2-11-16-20(18,19)15-10-6-4-8-13(15)12-7-3-5-9-14(12)17/h2-10,16-17H,1,11H2. The molecule has 5 heteroatoms. The normalized spacial score (nSPS) is 11.2. The molecule has 0 heterocycles. The molecule has 0 radical (unpaired) electrons. The average molecular weight is 289 g/mol. The lowest BCUT2D eigenvalue weighted by Crippen LogP contribution is -2.24. The van der Waals surface area contributed by atoms with E-state index in [-0.39, 0.29) is 17.2 Å². The lowest BCUT2D eigenvalue weighted by atomic mass is 10.0. The van der Waals surface area contributed by atoms with Crippen molar-refractivity contribution in [3.8, 4) is 16.9 Å². The first-order valence-corrected chi connectivity index (χ1v) is 7.52. The number of nitrogens with one attached hydrogen (secondary N) is 1. The fraction of sp³-hybridized carbons (Fsp3) is 0.0667. The second-order valence-electron chi connectivity index (χ2n) is 4.15. The smallest absolute Gasteiger partial charge is 0.241 e. The highest BCUT2D eigenvalue weighted by Crippen LogP contribution is 2.33. The van der Waals surface area contributed by atoms with Gasteiger partial charge in [-0.15, -0.1) is 6.58 Å². The molecule has 0 aliphatic heterocycles. The van der Waals surface area contributed by atoms with Crippen molar-refractivity contribution in [2.75, 3.05) is 6.54 Å². The summed E-state index contributed by atoms with van der Waals surface area (Å²) in [6, 6.07) is 13.2. The number of hydrogen-bond acceptors (Lipinski definition) is 3. The predicted molar refractivity (Wildman–Crippen MR) is 78.9 cm³/mol. The molecule has 0 atom stereocenters. The maximum absolute atomic E-state index is 12.3. The third-order valence-corrected chi connectivity index (χ3v) is 4.27.